The summed E-state index contributed by atoms with van der Waals surface area (Å²) >= 11 is 1.58. The van der Waals surface area contributed by atoms with Crippen LogP contribution >= 0.6 is 11.8 Å². The molecule has 0 spiro atoms. The molecule has 1 amide bonds. The van der Waals surface area contributed by atoms with Crippen molar-refractivity contribution in [2.24, 2.45) is 7.05 Å². The number of rotatable bonds is 5. The SMILES string of the molecule is Cc1occc1-c1nnc(SCc2cccc(NC(=O)OC(C)(C)C)c2)n1C. The molecule has 3 rings (SSSR count). The molecule has 0 saturated heterocycles. The van der Waals surface area contributed by atoms with Gasteiger partial charge in [0.1, 0.15) is 11.4 Å². The second-order valence-corrected chi connectivity index (χ2v) is 8.31. The highest BCUT2D eigenvalue weighted by Gasteiger charge is 2.17. The van der Waals surface area contributed by atoms with Gasteiger partial charge in [0, 0.05) is 18.5 Å². The average Bonchev–Trinajstić information content (AvgIpc) is 3.17. The van der Waals surface area contributed by atoms with Gasteiger partial charge in [-0.2, -0.15) is 0 Å². The quantitative estimate of drug-likeness (QED) is 0.605. The zero-order valence-corrected chi connectivity index (χ0v) is 17.5. The molecule has 0 aliphatic rings. The summed E-state index contributed by atoms with van der Waals surface area (Å²) in [7, 11) is 1.94. The zero-order chi connectivity index (χ0) is 20.3. The van der Waals surface area contributed by atoms with E-state index >= 15 is 0 Å². The van der Waals surface area contributed by atoms with E-state index in [0.717, 1.165) is 27.9 Å². The van der Waals surface area contributed by atoms with Gasteiger partial charge in [-0.15, -0.1) is 10.2 Å². The number of hydrogen-bond donors (Lipinski definition) is 1. The van der Waals surface area contributed by atoms with Gasteiger partial charge in [0.15, 0.2) is 11.0 Å². The first-order valence-corrected chi connectivity index (χ1v) is 9.87. The summed E-state index contributed by atoms with van der Waals surface area (Å²) in [6.07, 6.45) is 1.18. The van der Waals surface area contributed by atoms with Gasteiger partial charge in [0.05, 0.1) is 11.8 Å². The number of benzene rings is 1. The predicted octanol–water partition coefficient (Wildman–Crippen LogP) is 5.02. The van der Waals surface area contributed by atoms with Crippen LogP contribution < -0.4 is 5.32 Å². The van der Waals surface area contributed by atoms with Gasteiger partial charge in [-0.05, 0) is 51.5 Å². The Labute approximate surface area is 168 Å². The van der Waals surface area contributed by atoms with Crippen LogP contribution in [0.2, 0.25) is 0 Å². The van der Waals surface area contributed by atoms with Crippen LogP contribution in [0.4, 0.5) is 10.5 Å². The van der Waals surface area contributed by atoms with Gasteiger partial charge in [-0.3, -0.25) is 5.32 Å². The lowest BCUT2D eigenvalue weighted by Gasteiger charge is -2.19. The number of furan rings is 1. The number of thioether (sulfide) groups is 1. The van der Waals surface area contributed by atoms with E-state index in [0.29, 0.717) is 11.4 Å². The molecule has 0 fully saturated rings. The fraction of sp³-hybridized carbons (Fsp3) is 0.350. The molecule has 2 aromatic heterocycles. The lowest BCUT2D eigenvalue weighted by atomic mass is 10.2. The molecule has 0 unspecified atom stereocenters. The Morgan fingerprint density at radius 3 is 2.75 bits per heavy atom. The van der Waals surface area contributed by atoms with Crippen LogP contribution in [-0.4, -0.2) is 26.5 Å². The van der Waals surface area contributed by atoms with Gasteiger partial charge >= 0.3 is 6.09 Å². The Kier molecular flexibility index (Phi) is 5.79. The standard InChI is InChI=1S/C20H24N4O3S/c1-13-16(9-10-26-13)17-22-23-18(24(17)5)28-12-14-7-6-8-15(11-14)21-19(25)27-20(2,3)4/h6-11H,12H2,1-5H3,(H,21,25). The van der Waals surface area contributed by atoms with Crippen molar-refractivity contribution in [1.82, 2.24) is 14.8 Å². The van der Waals surface area contributed by atoms with Crippen molar-refractivity contribution in [2.75, 3.05) is 5.32 Å². The number of amides is 1. The zero-order valence-electron chi connectivity index (χ0n) is 16.6. The number of aromatic nitrogens is 3. The first-order valence-electron chi connectivity index (χ1n) is 8.88. The lowest BCUT2D eigenvalue weighted by Crippen LogP contribution is -2.27. The first kappa shape index (κ1) is 20.0. The molecule has 28 heavy (non-hydrogen) atoms. The maximum atomic E-state index is 11.9. The van der Waals surface area contributed by atoms with Crippen molar-refractivity contribution in [2.45, 2.75) is 44.2 Å². The second-order valence-electron chi connectivity index (χ2n) is 7.37. The molecule has 0 bridgehead atoms. The molecule has 8 heteroatoms. The highest BCUT2D eigenvalue weighted by atomic mass is 32.2. The smallest absolute Gasteiger partial charge is 0.412 e. The average molecular weight is 401 g/mol. The van der Waals surface area contributed by atoms with Crippen molar-refractivity contribution >= 4 is 23.5 Å². The van der Waals surface area contributed by atoms with E-state index in [2.05, 4.69) is 15.5 Å². The second kappa shape index (κ2) is 8.10. The van der Waals surface area contributed by atoms with E-state index in [-0.39, 0.29) is 0 Å². The summed E-state index contributed by atoms with van der Waals surface area (Å²) in [6, 6.07) is 9.55. The maximum absolute atomic E-state index is 11.9. The van der Waals surface area contributed by atoms with E-state index in [1.807, 2.05) is 69.6 Å². The van der Waals surface area contributed by atoms with E-state index in [1.165, 1.54) is 0 Å². The Balaban J connectivity index is 1.65. The summed E-state index contributed by atoms with van der Waals surface area (Å²) in [5.74, 6) is 2.28. The monoisotopic (exact) mass is 400 g/mol. The summed E-state index contributed by atoms with van der Waals surface area (Å²) in [6.45, 7) is 7.40. The van der Waals surface area contributed by atoms with Crippen molar-refractivity contribution < 1.29 is 13.9 Å². The van der Waals surface area contributed by atoms with Gasteiger partial charge in [-0.25, -0.2) is 4.79 Å². The van der Waals surface area contributed by atoms with E-state index < -0.39 is 11.7 Å². The van der Waals surface area contributed by atoms with Gasteiger partial charge in [0.25, 0.3) is 0 Å². The first-order chi connectivity index (χ1) is 13.2. The molecule has 0 aliphatic heterocycles. The minimum Gasteiger partial charge on any atom is -0.469 e. The molecule has 148 valence electrons. The number of carbonyl (C=O) groups is 1. The van der Waals surface area contributed by atoms with Crippen LogP contribution in [0, 0.1) is 6.92 Å². The highest BCUT2D eigenvalue weighted by molar-refractivity contribution is 7.98. The molecule has 3 aromatic rings. The topological polar surface area (TPSA) is 82.2 Å². The van der Waals surface area contributed by atoms with Crippen LogP contribution in [0.5, 0.6) is 0 Å². The van der Waals surface area contributed by atoms with Crippen molar-refractivity contribution in [1.29, 1.82) is 0 Å². The van der Waals surface area contributed by atoms with Crippen LogP contribution in [-0.2, 0) is 17.5 Å². The molecule has 1 aromatic carbocycles. The minimum absolute atomic E-state index is 0.467. The Morgan fingerprint density at radius 2 is 2.07 bits per heavy atom. The molecular formula is C20H24N4O3S. The van der Waals surface area contributed by atoms with E-state index in [9.17, 15) is 4.79 Å². The number of nitrogens with one attached hydrogen (secondary N) is 1. The fourth-order valence-electron chi connectivity index (χ4n) is 2.60. The number of aryl methyl sites for hydroxylation is 1. The van der Waals surface area contributed by atoms with Gasteiger partial charge in [0.2, 0.25) is 0 Å². The summed E-state index contributed by atoms with van der Waals surface area (Å²) < 4.78 is 12.6. The highest BCUT2D eigenvalue weighted by Crippen LogP contribution is 2.28. The van der Waals surface area contributed by atoms with Crippen LogP contribution in [0.3, 0.4) is 0 Å². The maximum Gasteiger partial charge on any atom is 0.412 e. The van der Waals surface area contributed by atoms with E-state index in [1.54, 1.807) is 18.0 Å². The Bertz CT molecular complexity index is 972. The number of anilines is 1. The molecule has 0 radical (unpaired) electrons. The predicted molar refractivity (Wildman–Crippen MR) is 109 cm³/mol. The van der Waals surface area contributed by atoms with Crippen molar-refractivity contribution in [3.8, 4) is 11.4 Å². The molecular weight excluding hydrogens is 376 g/mol. The van der Waals surface area contributed by atoms with Crippen molar-refractivity contribution in [3.63, 3.8) is 0 Å². The third-order valence-electron chi connectivity index (χ3n) is 3.87. The largest absolute Gasteiger partial charge is 0.469 e. The van der Waals surface area contributed by atoms with Crippen molar-refractivity contribution in [3.05, 3.63) is 47.9 Å². The lowest BCUT2D eigenvalue weighted by molar-refractivity contribution is 0.0636. The Hall–Kier alpha value is -2.74. The van der Waals surface area contributed by atoms with Gasteiger partial charge in [-0.1, -0.05) is 23.9 Å². The molecule has 0 aliphatic carbocycles. The normalized spacial score (nSPS) is 11.5. The summed E-state index contributed by atoms with van der Waals surface area (Å²) in [5, 5.41) is 12.1. The summed E-state index contributed by atoms with van der Waals surface area (Å²) in [4.78, 5) is 11.9. The fourth-order valence-corrected chi connectivity index (χ4v) is 3.45. The number of carbonyl (C=O) groups excluding carboxylic acids is 1. The van der Waals surface area contributed by atoms with Gasteiger partial charge < -0.3 is 13.7 Å². The molecule has 1 N–H and O–H groups in total. The number of hydrogen-bond acceptors (Lipinski definition) is 6. The third kappa shape index (κ3) is 4.95. The molecule has 7 nitrogen and oxygen atoms in total. The molecule has 0 atom stereocenters. The summed E-state index contributed by atoms with van der Waals surface area (Å²) in [5.41, 5.74) is 2.15. The van der Waals surface area contributed by atoms with E-state index in [4.69, 9.17) is 9.15 Å². The molecule has 2 heterocycles. The van der Waals surface area contributed by atoms with Crippen LogP contribution in [0.1, 0.15) is 32.1 Å². The third-order valence-corrected chi connectivity index (χ3v) is 4.97. The minimum atomic E-state index is -0.534. The number of ether oxygens (including phenoxy) is 1. The number of nitrogens with zero attached hydrogens (tertiary/aromatic N) is 3. The molecule has 0 saturated carbocycles. The van der Waals surface area contributed by atoms with Crippen LogP contribution in [0.15, 0.2) is 46.2 Å². The van der Waals surface area contributed by atoms with Crippen LogP contribution in [0.25, 0.3) is 11.4 Å². The Morgan fingerprint density at radius 1 is 1.29 bits per heavy atom.